The Morgan fingerprint density at radius 3 is 2.88 bits per heavy atom. The van der Waals surface area contributed by atoms with E-state index in [9.17, 15) is 4.79 Å². The molecule has 1 aromatic rings. The topological polar surface area (TPSA) is 29.1 Å². The number of amides is 1. The summed E-state index contributed by atoms with van der Waals surface area (Å²) in [5, 5.41) is 3.42. The molecule has 94 valence electrons. The van der Waals surface area contributed by atoms with Gasteiger partial charge in [-0.3, -0.25) is 4.79 Å². The first kappa shape index (κ1) is 14.5. The highest BCUT2D eigenvalue weighted by molar-refractivity contribution is 9.09. The van der Waals surface area contributed by atoms with Crippen molar-refractivity contribution in [3.63, 3.8) is 0 Å². The molecule has 0 aliphatic heterocycles. The average molecular weight is 319 g/mol. The van der Waals surface area contributed by atoms with Gasteiger partial charge in [0.2, 0.25) is 0 Å². The van der Waals surface area contributed by atoms with Crippen LogP contribution >= 0.6 is 27.5 Å². The van der Waals surface area contributed by atoms with Crippen LogP contribution in [0.2, 0.25) is 5.02 Å². The van der Waals surface area contributed by atoms with Crippen LogP contribution in [0.15, 0.2) is 18.2 Å². The lowest BCUT2D eigenvalue weighted by molar-refractivity contribution is 0.0953. The zero-order valence-electron chi connectivity index (χ0n) is 10.1. The van der Waals surface area contributed by atoms with Crippen LogP contribution in [0, 0.1) is 6.92 Å². The largest absolute Gasteiger partial charge is 0.352 e. The third-order valence-electron chi connectivity index (χ3n) is 2.50. The van der Waals surface area contributed by atoms with Crippen molar-refractivity contribution in [3.8, 4) is 0 Å². The lowest BCUT2D eigenvalue weighted by Gasteiger charge is -2.08. The molecule has 0 radical (unpaired) electrons. The molecule has 1 N–H and O–H groups in total. The fourth-order valence-corrected chi connectivity index (χ4v) is 2.04. The number of hydrogen-bond donors (Lipinski definition) is 1. The Labute approximate surface area is 116 Å². The Bertz CT molecular complexity index is 393. The smallest absolute Gasteiger partial charge is 0.252 e. The van der Waals surface area contributed by atoms with Crippen LogP contribution in [0.4, 0.5) is 0 Å². The average Bonchev–Trinajstić information content (AvgIpc) is 2.27. The molecule has 1 rings (SSSR count). The third kappa shape index (κ3) is 4.68. The van der Waals surface area contributed by atoms with E-state index in [-0.39, 0.29) is 5.91 Å². The molecule has 1 aromatic carbocycles. The summed E-state index contributed by atoms with van der Waals surface area (Å²) < 4.78 is 0. The van der Waals surface area contributed by atoms with Gasteiger partial charge in [-0.05, 0) is 31.4 Å². The Hall–Kier alpha value is -0.540. The van der Waals surface area contributed by atoms with E-state index in [1.165, 1.54) is 0 Å². The van der Waals surface area contributed by atoms with Gasteiger partial charge in [-0.2, -0.15) is 0 Å². The van der Waals surface area contributed by atoms with Crippen LogP contribution in [0.1, 0.15) is 35.7 Å². The van der Waals surface area contributed by atoms with Gasteiger partial charge in [-0.15, -0.1) is 0 Å². The van der Waals surface area contributed by atoms with Crippen LogP contribution in [0.25, 0.3) is 0 Å². The second-order valence-electron chi connectivity index (χ2n) is 4.12. The van der Waals surface area contributed by atoms with E-state index in [1.54, 1.807) is 6.07 Å². The quantitative estimate of drug-likeness (QED) is 0.646. The SMILES string of the molecule is Cc1cccc(C(=O)NCCCC(C)Br)c1Cl. The summed E-state index contributed by atoms with van der Waals surface area (Å²) in [5.74, 6) is -0.0964. The van der Waals surface area contributed by atoms with Crippen LogP contribution in [-0.4, -0.2) is 17.3 Å². The van der Waals surface area contributed by atoms with Crippen molar-refractivity contribution >= 4 is 33.4 Å². The number of halogens is 2. The minimum absolute atomic E-state index is 0.0964. The summed E-state index contributed by atoms with van der Waals surface area (Å²) in [6, 6.07) is 5.49. The van der Waals surface area contributed by atoms with E-state index in [4.69, 9.17) is 11.6 Å². The Kier molecular flexibility index (Phi) is 6.00. The second-order valence-corrected chi connectivity index (χ2v) is 6.06. The number of hydrogen-bond acceptors (Lipinski definition) is 1. The molecule has 0 saturated carbocycles. The molecule has 17 heavy (non-hydrogen) atoms. The monoisotopic (exact) mass is 317 g/mol. The van der Waals surface area contributed by atoms with E-state index in [2.05, 4.69) is 28.2 Å². The number of alkyl halides is 1. The zero-order valence-corrected chi connectivity index (χ0v) is 12.4. The van der Waals surface area contributed by atoms with Crippen LogP contribution in [-0.2, 0) is 0 Å². The molecule has 1 atom stereocenters. The minimum atomic E-state index is -0.0964. The molecule has 1 amide bonds. The van der Waals surface area contributed by atoms with Gasteiger partial charge in [-0.1, -0.05) is 46.6 Å². The maximum atomic E-state index is 11.9. The molecule has 1 unspecified atom stereocenters. The highest BCUT2D eigenvalue weighted by Gasteiger charge is 2.10. The number of rotatable bonds is 5. The summed E-state index contributed by atoms with van der Waals surface area (Å²) in [6.07, 6.45) is 2.00. The molecule has 0 aromatic heterocycles. The number of carbonyl (C=O) groups excluding carboxylic acids is 1. The fraction of sp³-hybridized carbons (Fsp3) is 0.462. The molecule has 0 aliphatic rings. The maximum absolute atomic E-state index is 11.9. The molecule has 0 spiro atoms. The number of benzene rings is 1. The van der Waals surface area contributed by atoms with Gasteiger partial charge in [0.05, 0.1) is 10.6 Å². The van der Waals surface area contributed by atoms with Gasteiger partial charge in [0.15, 0.2) is 0 Å². The maximum Gasteiger partial charge on any atom is 0.252 e. The summed E-state index contributed by atoms with van der Waals surface area (Å²) in [5.41, 5.74) is 1.48. The van der Waals surface area contributed by atoms with E-state index in [0.29, 0.717) is 22.0 Å². The summed E-state index contributed by atoms with van der Waals surface area (Å²) >= 11 is 9.56. The zero-order chi connectivity index (χ0) is 12.8. The second kappa shape index (κ2) is 7.02. The van der Waals surface area contributed by atoms with Crippen molar-refractivity contribution in [2.45, 2.75) is 31.5 Å². The van der Waals surface area contributed by atoms with Crippen LogP contribution in [0.3, 0.4) is 0 Å². The number of aryl methyl sites for hydroxylation is 1. The van der Waals surface area contributed by atoms with Crippen LogP contribution < -0.4 is 5.32 Å². The van der Waals surface area contributed by atoms with Gasteiger partial charge >= 0.3 is 0 Å². The van der Waals surface area contributed by atoms with Crippen molar-refractivity contribution in [2.75, 3.05) is 6.54 Å². The van der Waals surface area contributed by atoms with Crippen molar-refractivity contribution in [2.24, 2.45) is 0 Å². The van der Waals surface area contributed by atoms with E-state index < -0.39 is 0 Å². The van der Waals surface area contributed by atoms with E-state index >= 15 is 0 Å². The highest BCUT2D eigenvalue weighted by Crippen LogP contribution is 2.20. The number of nitrogens with one attached hydrogen (secondary N) is 1. The summed E-state index contributed by atoms with van der Waals surface area (Å²) in [7, 11) is 0. The summed E-state index contributed by atoms with van der Waals surface area (Å²) in [4.78, 5) is 12.3. The van der Waals surface area contributed by atoms with Gasteiger partial charge in [0.1, 0.15) is 0 Å². The number of carbonyl (C=O) groups is 1. The molecule has 0 bridgehead atoms. The van der Waals surface area contributed by atoms with Crippen molar-refractivity contribution in [1.82, 2.24) is 5.32 Å². The van der Waals surface area contributed by atoms with E-state index in [1.807, 2.05) is 19.1 Å². The van der Waals surface area contributed by atoms with Crippen molar-refractivity contribution in [1.29, 1.82) is 0 Å². The Morgan fingerprint density at radius 1 is 1.53 bits per heavy atom. The predicted molar refractivity (Wildman–Crippen MR) is 76.1 cm³/mol. The molecule has 0 heterocycles. The summed E-state index contributed by atoms with van der Waals surface area (Å²) in [6.45, 7) is 4.67. The van der Waals surface area contributed by atoms with Gasteiger partial charge in [0.25, 0.3) is 5.91 Å². The van der Waals surface area contributed by atoms with Gasteiger partial charge in [-0.25, -0.2) is 0 Å². The fourth-order valence-electron chi connectivity index (χ4n) is 1.50. The molecule has 0 fully saturated rings. The van der Waals surface area contributed by atoms with Gasteiger partial charge < -0.3 is 5.32 Å². The highest BCUT2D eigenvalue weighted by atomic mass is 79.9. The molecule has 0 aliphatic carbocycles. The molecule has 0 saturated heterocycles. The normalized spacial score (nSPS) is 12.2. The van der Waals surface area contributed by atoms with E-state index in [0.717, 1.165) is 18.4 Å². The molecule has 2 nitrogen and oxygen atoms in total. The van der Waals surface area contributed by atoms with Gasteiger partial charge in [0, 0.05) is 11.4 Å². The Morgan fingerprint density at radius 2 is 2.24 bits per heavy atom. The minimum Gasteiger partial charge on any atom is -0.352 e. The molecular formula is C13H17BrClNO. The lowest BCUT2D eigenvalue weighted by Crippen LogP contribution is -2.25. The van der Waals surface area contributed by atoms with Crippen molar-refractivity contribution < 1.29 is 4.79 Å². The first-order valence-electron chi connectivity index (χ1n) is 5.69. The standard InChI is InChI=1S/C13H17BrClNO/c1-9-5-3-7-11(12(9)15)13(17)16-8-4-6-10(2)14/h3,5,7,10H,4,6,8H2,1-2H3,(H,16,17). The predicted octanol–water partition coefficient (Wildman–Crippen LogP) is 3.94. The third-order valence-corrected chi connectivity index (χ3v) is 3.46. The Balaban J connectivity index is 2.50. The molecule has 4 heteroatoms. The molecular weight excluding hydrogens is 302 g/mol. The first-order chi connectivity index (χ1) is 8.02. The van der Waals surface area contributed by atoms with Crippen molar-refractivity contribution in [3.05, 3.63) is 34.3 Å². The lowest BCUT2D eigenvalue weighted by atomic mass is 10.1. The first-order valence-corrected chi connectivity index (χ1v) is 6.99. The van der Waals surface area contributed by atoms with Crippen LogP contribution in [0.5, 0.6) is 0 Å².